The maximum absolute atomic E-state index is 8.89. The first kappa shape index (κ1) is 15.4. The molecule has 2 rings (SSSR count). The third-order valence-corrected chi connectivity index (χ3v) is 3.14. The molecule has 1 N–H and O–H groups in total. The first-order valence-corrected chi connectivity index (χ1v) is 7.11. The van der Waals surface area contributed by atoms with Gasteiger partial charge in [-0.3, -0.25) is 0 Å². The first-order chi connectivity index (χ1) is 10.2. The molecule has 0 aliphatic rings. The SMILES string of the molecule is CN(C)CCOc1ccc2ccccc2c1C#CCCO. The summed E-state index contributed by atoms with van der Waals surface area (Å²) < 4.78 is 5.88. The monoisotopic (exact) mass is 283 g/mol. The van der Waals surface area contributed by atoms with E-state index in [2.05, 4.69) is 34.9 Å². The van der Waals surface area contributed by atoms with Gasteiger partial charge >= 0.3 is 0 Å². The maximum Gasteiger partial charge on any atom is 0.135 e. The van der Waals surface area contributed by atoms with Gasteiger partial charge in [0.05, 0.1) is 12.2 Å². The number of nitrogens with zero attached hydrogens (tertiary/aromatic N) is 1. The van der Waals surface area contributed by atoms with E-state index in [0.29, 0.717) is 13.0 Å². The smallest absolute Gasteiger partial charge is 0.135 e. The normalized spacial score (nSPS) is 10.5. The number of ether oxygens (including phenoxy) is 1. The van der Waals surface area contributed by atoms with Crippen LogP contribution >= 0.6 is 0 Å². The van der Waals surface area contributed by atoms with Crippen molar-refractivity contribution in [2.45, 2.75) is 6.42 Å². The predicted molar refractivity (Wildman–Crippen MR) is 86.6 cm³/mol. The molecule has 2 aromatic carbocycles. The topological polar surface area (TPSA) is 32.7 Å². The average Bonchev–Trinajstić information content (AvgIpc) is 2.48. The zero-order valence-electron chi connectivity index (χ0n) is 12.6. The Hall–Kier alpha value is -2.02. The van der Waals surface area contributed by atoms with Crippen molar-refractivity contribution in [3.63, 3.8) is 0 Å². The molecule has 21 heavy (non-hydrogen) atoms. The quantitative estimate of drug-likeness (QED) is 0.856. The highest BCUT2D eigenvalue weighted by molar-refractivity contribution is 5.90. The van der Waals surface area contributed by atoms with Gasteiger partial charge < -0.3 is 14.7 Å². The maximum atomic E-state index is 8.89. The van der Waals surface area contributed by atoms with Gasteiger partial charge in [0.1, 0.15) is 12.4 Å². The molecule has 0 atom stereocenters. The Balaban J connectivity index is 2.34. The van der Waals surface area contributed by atoms with E-state index < -0.39 is 0 Å². The van der Waals surface area contributed by atoms with Crippen molar-refractivity contribution >= 4 is 10.8 Å². The summed E-state index contributed by atoms with van der Waals surface area (Å²) >= 11 is 0. The molecule has 0 heterocycles. The molecule has 3 heteroatoms. The Bertz CT molecular complexity index is 653. The molecule has 0 saturated heterocycles. The number of likely N-dealkylation sites (N-methyl/N-ethyl adjacent to an activating group) is 1. The summed E-state index contributed by atoms with van der Waals surface area (Å²) in [4.78, 5) is 2.08. The van der Waals surface area contributed by atoms with E-state index in [4.69, 9.17) is 9.84 Å². The molecule has 2 aromatic rings. The predicted octanol–water partition coefficient (Wildman–Crippen LogP) is 2.51. The van der Waals surface area contributed by atoms with Gasteiger partial charge in [-0.05, 0) is 25.5 Å². The van der Waals surface area contributed by atoms with Gasteiger partial charge in [-0.1, -0.05) is 42.2 Å². The number of aliphatic hydroxyl groups is 1. The number of aliphatic hydroxyl groups excluding tert-OH is 1. The van der Waals surface area contributed by atoms with E-state index in [-0.39, 0.29) is 6.61 Å². The van der Waals surface area contributed by atoms with E-state index in [9.17, 15) is 0 Å². The molecule has 0 radical (unpaired) electrons. The van der Waals surface area contributed by atoms with Gasteiger partial charge in [-0.15, -0.1) is 0 Å². The summed E-state index contributed by atoms with van der Waals surface area (Å²) in [7, 11) is 4.04. The molecule has 0 bridgehead atoms. The summed E-state index contributed by atoms with van der Waals surface area (Å²) in [5.41, 5.74) is 0.903. The van der Waals surface area contributed by atoms with Gasteiger partial charge in [0, 0.05) is 18.4 Å². The van der Waals surface area contributed by atoms with E-state index >= 15 is 0 Å². The Labute approximate surface area is 126 Å². The van der Waals surface area contributed by atoms with Crippen LogP contribution in [0.25, 0.3) is 10.8 Å². The van der Waals surface area contributed by atoms with Gasteiger partial charge in [0.2, 0.25) is 0 Å². The zero-order chi connectivity index (χ0) is 15.1. The highest BCUT2D eigenvalue weighted by Gasteiger charge is 2.06. The van der Waals surface area contributed by atoms with Crippen molar-refractivity contribution in [3.05, 3.63) is 42.0 Å². The fourth-order valence-corrected chi connectivity index (χ4v) is 2.05. The molecule has 0 aliphatic heterocycles. The standard InChI is InChI=1S/C18H21NO2/c1-19(2)12-14-21-18-11-10-15-7-3-4-8-16(15)17(18)9-5-6-13-20/h3-4,7-8,10-11,20H,6,12-14H2,1-2H3. The number of hydrogen-bond acceptors (Lipinski definition) is 3. The third kappa shape index (κ3) is 4.22. The fraction of sp³-hybridized carbons (Fsp3) is 0.333. The zero-order valence-corrected chi connectivity index (χ0v) is 12.6. The minimum absolute atomic E-state index is 0.0780. The van der Waals surface area contributed by atoms with Crippen LogP contribution in [-0.2, 0) is 0 Å². The molecule has 0 amide bonds. The average molecular weight is 283 g/mol. The molecule has 110 valence electrons. The van der Waals surface area contributed by atoms with Crippen LogP contribution in [0, 0.1) is 11.8 Å². The Morgan fingerprint density at radius 3 is 2.71 bits per heavy atom. The third-order valence-electron chi connectivity index (χ3n) is 3.14. The number of rotatable bonds is 5. The van der Waals surface area contributed by atoms with Crippen LogP contribution in [0.3, 0.4) is 0 Å². The second-order valence-electron chi connectivity index (χ2n) is 5.09. The molecule has 0 saturated carbocycles. The Kier molecular flexibility index (Phi) is 5.62. The summed E-state index contributed by atoms with van der Waals surface area (Å²) in [5.74, 6) is 6.95. The molecule has 0 aliphatic carbocycles. The van der Waals surface area contributed by atoms with E-state index in [0.717, 1.165) is 28.6 Å². The van der Waals surface area contributed by atoms with E-state index in [1.807, 2.05) is 32.3 Å². The molecule has 3 nitrogen and oxygen atoms in total. The minimum atomic E-state index is 0.0780. The van der Waals surface area contributed by atoms with Crippen molar-refractivity contribution in [2.24, 2.45) is 0 Å². The first-order valence-electron chi connectivity index (χ1n) is 7.11. The molecular weight excluding hydrogens is 262 g/mol. The number of benzene rings is 2. The van der Waals surface area contributed by atoms with Crippen LogP contribution in [0.5, 0.6) is 5.75 Å². The van der Waals surface area contributed by atoms with Crippen molar-refractivity contribution < 1.29 is 9.84 Å². The van der Waals surface area contributed by atoms with Crippen LogP contribution in [0.2, 0.25) is 0 Å². The fourth-order valence-electron chi connectivity index (χ4n) is 2.05. The van der Waals surface area contributed by atoms with Gasteiger partial charge in [0.25, 0.3) is 0 Å². The molecule has 0 aromatic heterocycles. The van der Waals surface area contributed by atoms with Crippen molar-refractivity contribution in [1.29, 1.82) is 0 Å². The van der Waals surface area contributed by atoms with E-state index in [1.54, 1.807) is 0 Å². The summed E-state index contributed by atoms with van der Waals surface area (Å²) in [6, 6.07) is 12.2. The molecule has 0 fully saturated rings. The highest BCUT2D eigenvalue weighted by Crippen LogP contribution is 2.27. The molecule has 0 unspecified atom stereocenters. The van der Waals surface area contributed by atoms with Crippen LogP contribution in [0.4, 0.5) is 0 Å². The van der Waals surface area contributed by atoms with Crippen molar-refractivity contribution in [3.8, 4) is 17.6 Å². The van der Waals surface area contributed by atoms with Crippen LogP contribution in [0.15, 0.2) is 36.4 Å². The van der Waals surface area contributed by atoms with Gasteiger partial charge in [-0.2, -0.15) is 0 Å². The van der Waals surface area contributed by atoms with Gasteiger partial charge in [0.15, 0.2) is 0 Å². The second kappa shape index (κ2) is 7.68. The van der Waals surface area contributed by atoms with Crippen LogP contribution in [0.1, 0.15) is 12.0 Å². The summed E-state index contributed by atoms with van der Waals surface area (Å²) in [6.45, 7) is 1.56. The molecule has 0 spiro atoms. The summed E-state index contributed by atoms with van der Waals surface area (Å²) in [6.07, 6.45) is 0.473. The highest BCUT2D eigenvalue weighted by atomic mass is 16.5. The van der Waals surface area contributed by atoms with Crippen LogP contribution in [-0.4, -0.2) is 43.9 Å². The largest absolute Gasteiger partial charge is 0.491 e. The van der Waals surface area contributed by atoms with Gasteiger partial charge in [-0.25, -0.2) is 0 Å². The lowest BCUT2D eigenvalue weighted by Gasteiger charge is -2.13. The lowest BCUT2D eigenvalue weighted by atomic mass is 10.0. The Morgan fingerprint density at radius 2 is 1.95 bits per heavy atom. The molecular formula is C18H21NO2. The number of fused-ring (bicyclic) bond motifs is 1. The van der Waals surface area contributed by atoms with Crippen LogP contribution < -0.4 is 4.74 Å². The van der Waals surface area contributed by atoms with Crippen molar-refractivity contribution in [1.82, 2.24) is 4.90 Å². The second-order valence-corrected chi connectivity index (χ2v) is 5.09. The lowest BCUT2D eigenvalue weighted by Crippen LogP contribution is -2.19. The number of hydrogen-bond donors (Lipinski definition) is 1. The minimum Gasteiger partial charge on any atom is -0.491 e. The van der Waals surface area contributed by atoms with Crippen molar-refractivity contribution in [2.75, 3.05) is 33.9 Å². The van der Waals surface area contributed by atoms with E-state index in [1.165, 1.54) is 0 Å². The Morgan fingerprint density at radius 1 is 1.14 bits per heavy atom. The summed E-state index contributed by atoms with van der Waals surface area (Å²) in [5, 5.41) is 11.1. The lowest BCUT2D eigenvalue weighted by molar-refractivity contribution is 0.261.